The molecule has 3 aliphatic rings. The molecule has 0 fully saturated rings. The summed E-state index contributed by atoms with van der Waals surface area (Å²) in [6.07, 6.45) is 0. The Labute approximate surface area is 302 Å². The number of rotatable bonds is 2. The van der Waals surface area contributed by atoms with Gasteiger partial charge in [0, 0.05) is 10.9 Å². The van der Waals surface area contributed by atoms with Crippen LogP contribution in [-0.2, 0) is 5.41 Å². The zero-order valence-corrected chi connectivity index (χ0v) is 28.2. The van der Waals surface area contributed by atoms with Gasteiger partial charge in [-0.2, -0.15) is 0 Å². The molecule has 9 aromatic carbocycles. The molecule has 1 nitrogen and oxygen atoms in total. The van der Waals surface area contributed by atoms with Gasteiger partial charge in [0.05, 0.1) is 5.41 Å². The van der Waals surface area contributed by atoms with Crippen LogP contribution in [0.4, 0.5) is 0 Å². The number of ether oxygens (including phenoxy) is 1. The molecule has 240 valence electrons. The van der Waals surface area contributed by atoms with Crippen molar-refractivity contribution in [2.45, 2.75) is 5.41 Å². The maximum atomic E-state index is 6.49. The maximum absolute atomic E-state index is 6.49. The van der Waals surface area contributed by atoms with Crippen LogP contribution in [-0.4, -0.2) is 0 Å². The third-order valence-electron chi connectivity index (χ3n) is 11.9. The Bertz CT molecular complexity index is 3000. The quantitative estimate of drug-likeness (QED) is 0.180. The molecule has 52 heavy (non-hydrogen) atoms. The summed E-state index contributed by atoms with van der Waals surface area (Å²) in [5.41, 5.74) is 17.6. The Kier molecular flexibility index (Phi) is 5.49. The van der Waals surface area contributed by atoms with E-state index < -0.39 is 5.41 Å². The number of fused-ring (bicyclic) bond motifs is 14. The number of para-hydroxylation sites is 1. The lowest BCUT2D eigenvalue weighted by Gasteiger charge is -2.30. The van der Waals surface area contributed by atoms with Crippen molar-refractivity contribution in [1.82, 2.24) is 0 Å². The Morgan fingerprint density at radius 3 is 1.67 bits per heavy atom. The van der Waals surface area contributed by atoms with E-state index in [1.165, 1.54) is 93.9 Å². The molecule has 1 spiro atoms. The van der Waals surface area contributed by atoms with Gasteiger partial charge in [-0.15, -0.1) is 0 Å². The molecule has 1 unspecified atom stereocenters. The summed E-state index contributed by atoms with van der Waals surface area (Å²) in [5.74, 6) is 1.82. The summed E-state index contributed by atoms with van der Waals surface area (Å²) in [6.45, 7) is 0. The summed E-state index contributed by atoms with van der Waals surface area (Å²) in [5, 5.41) is 4.96. The van der Waals surface area contributed by atoms with Gasteiger partial charge in [-0.1, -0.05) is 170 Å². The summed E-state index contributed by atoms with van der Waals surface area (Å²) in [7, 11) is 0. The van der Waals surface area contributed by atoms with E-state index in [-0.39, 0.29) is 0 Å². The topological polar surface area (TPSA) is 9.23 Å². The van der Waals surface area contributed by atoms with Crippen LogP contribution in [0.3, 0.4) is 0 Å². The van der Waals surface area contributed by atoms with Crippen molar-refractivity contribution in [2.75, 3.05) is 0 Å². The molecule has 1 aliphatic heterocycles. The molecular weight excluding hydrogens is 629 g/mol. The number of benzene rings is 9. The fourth-order valence-corrected chi connectivity index (χ4v) is 9.95. The zero-order chi connectivity index (χ0) is 34.0. The molecule has 12 rings (SSSR count). The molecule has 1 heterocycles. The van der Waals surface area contributed by atoms with E-state index in [2.05, 4.69) is 176 Å². The molecular formula is C51H30O. The van der Waals surface area contributed by atoms with Crippen molar-refractivity contribution in [3.8, 4) is 67.1 Å². The SMILES string of the molecule is c1ccc2c(c1)Oc1ccc(-c3ccccc3-c3cccc4c3-c3ccccc3C43c4ccccc4-c4c3ccc3ccccc43)c3cccc-2c13. The first-order chi connectivity index (χ1) is 25.8. The lowest BCUT2D eigenvalue weighted by molar-refractivity contribution is 0.487. The summed E-state index contributed by atoms with van der Waals surface area (Å²) >= 11 is 0. The molecule has 0 radical (unpaired) electrons. The predicted octanol–water partition coefficient (Wildman–Crippen LogP) is 13.4. The highest BCUT2D eigenvalue weighted by atomic mass is 16.5. The molecule has 1 atom stereocenters. The van der Waals surface area contributed by atoms with Crippen molar-refractivity contribution in [1.29, 1.82) is 0 Å². The van der Waals surface area contributed by atoms with Gasteiger partial charge in [0.25, 0.3) is 0 Å². The van der Waals surface area contributed by atoms with Gasteiger partial charge in [0.1, 0.15) is 11.5 Å². The molecule has 9 aromatic rings. The molecule has 2 aliphatic carbocycles. The molecule has 0 bridgehead atoms. The fourth-order valence-electron chi connectivity index (χ4n) is 9.95. The average molecular weight is 659 g/mol. The van der Waals surface area contributed by atoms with E-state index in [1.807, 2.05) is 6.07 Å². The largest absolute Gasteiger partial charge is 0.456 e. The van der Waals surface area contributed by atoms with Crippen LogP contribution in [0.2, 0.25) is 0 Å². The highest BCUT2D eigenvalue weighted by Crippen LogP contribution is 2.65. The Hall–Kier alpha value is -6.70. The van der Waals surface area contributed by atoms with Crippen LogP contribution in [0.15, 0.2) is 182 Å². The smallest absolute Gasteiger partial charge is 0.135 e. The van der Waals surface area contributed by atoms with Gasteiger partial charge in [0.15, 0.2) is 0 Å². The van der Waals surface area contributed by atoms with Crippen LogP contribution in [0.5, 0.6) is 11.5 Å². The fraction of sp³-hybridized carbons (Fsp3) is 0.0196. The van der Waals surface area contributed by atoms with Crippen molar-refractivity contribution in [3.05, 3.63) is 204 Å². The predicted molar refractivity (Wildman–Crippen MR) is 214 cm³/mol. The highest BCUT2D eigenvalue weighted by molar-refractivity contribution is 6.12. The second-order valence-corrected chi connectivity index (χ2v) is 14.3. The van der Waals surface area contributed by atoms with E-state index >= 15 is 0 Å². The normalized spacial score (nSPS) is 15.5. The van der Waals surface area contributed by atoms with Gasteiger partial charge in [-0.25, -0.2) is 0 Å². The van der Waals surface area contributed by atoms with Crippen LogP contribution in [0.1, 0.15) is 22.3 Å². The maximum Gasteiger partial charge on any atom is 0.135 e. The Morgan fingerprint density at radius 1 is 0.288 bits per heavy atom. The van der Waals surface area contributed by atoms with E-state index in [1.54, 1.807) is 0 Å². The summed E-state index contributed by atoms with van der Waals surface area (Å²) in [6, 6.07) is 67.2. The van der Waals surface area contributed by atoms with Crippen molar-refractivity contribution in [3.63, 3.8) is 0 Å². The minimum atomic E-state index is -0.419. The number of hydrogen-bond donors (Lipinski definition) is 0. The van der Waals surface area contributed by atoms with E-state index in [0.717, 1.165) is 17.1 Å². The van der Waals surface area contributed by atoms with Crippen LogP contribution < -0.4 is 4.74 Å². The van der Waals surface area contributed by atoms with Gasteiger partial charge in [-0.3, -0.25) is 0 Å². The highest BCUT2D eigenvalue weighted by Gasteiger charge is 2.52. The average Bonchev–Trinajstić information content (AvgIpc) is 3.69. The summed E-state index contributed by atoms with van der Waals surface area (Å²) in [4.78, 5) is 0. The Balaban J connectivity index is 1.15. The molecule has 0 N–H and O–H groups in total. The van der Waals surface area contributed by atoms with Gasteiger partial charge < -0.3 is 4.74 Å². The first-order valence-electron chi connectivity index (χ1n) is 18.1. The van der Waals surface area contributed by atoms with E-state index in [4.69, 9.17) is 4.74 Å². The van der Waals surface area contributed by atoms with Crippen molar-refractivity contribution >= 4 is 21.5 Å². The first-order valence-corrected chi connectivity index (χ1v) is 18.1. The molecule has 0 saturated heterocycles. The van der Waals surface area contributed by atoms with Gasteiger partial charge >= 0.3 is 0 Å². The van der Waals surface area contributed by atoms with Crippen molar-refractivity contribution in [2.24, 2.45) is 0 Å². The second kappa shape index (κ2) is 10.2. The molecule has 0 saturated carbocycles. The third-order valence-corrected chi connectivity index (χ3v) is 11.9. The monoisotopic (exact) mass is 658 g/mol. The third kappa shape index (κ3) is 3.43. The minimum absolute atomic E-state index is 0.419. The van der Waals surface area contributed by atoms with Gasteiger partial charge in [-0.05, 0) is 101 Å². The lowest BCUT2D eigenvalue weighted by atomic mass is 9.70. The zero-order valence-electron chi connectivity index (χ0n) is 28.2. The van der Waals surface area contributed by atoms with Gasteiger partial charge in [0.2, 0.25) is 0 Å². The van der Waals surface area contributed by atoms with Crippen LogP contribution in [0, 0.1) is 0 Å². The molecule has 1 heteroatoms. The minimum Gasteiger partial charge on any atom is -0.456 e. The molecule has 0 amide bonds. The first kappa shape index (κ1) is 28.0. The lowest BCUT2D eigenvalue weighted by Crippen LogP contribution is -2.25. The second-order valence-electron chi connectivity index (χ2n) is 14.3. The van der Waals surface area contributed by atoms with Crippen LogP contribution >= 0.6 is 0 Å². The molecule has 0 aromatic heterocycles. The van der Waals surface area contributed by atoms with E-state index in [0.29, 0.717) is 0 Å². The van der Waals surface area contributed by atoms with E-state index in [9.17, 15) is 0 Å². The standard InChI is InChI=1S/C51H30O/c1-2-14-32-31(13-1)27-29-45-48(32)40-18-5-8-23-42(40)51(45)43-24-9-6-19-41(43)49-37(22-12-25-44(49)51)34-16-4-3-15-33(34)35-28-30-47-50-38(35)20-11-21-39(50)36-17-7-10-26-46(36)52-47/h1-30H. The summed E-state index contributed by atoms with van der Waals surface area (Å²) < 4.78 is 6.49. The number of hydrogen-bond acceptors (Lipinski definition) is 1. The Morgan fingerprint density at radius 2 is 0.846 bits per heavy atom. The van der Waals surface area contributed by atoms with Crippen molar-refractivity contribution < 1.29 is 4.74 Å². The van der Waals surface area contributed by atoms with Crippen LogP contribution in [0.25, 0.3) is 77.2 Å².